The monoisotopic (exact) mass is 344 g/mol. The van der Waals surface area contributed by atoms with E-state index >= 15 is 0 Å². The van der Waals surface area contributed by atoms with Gasteiger partial charge in [0.05, 0.1) is 13.1 Å². The van der Waals surface area contributed by atoms with Crippen LogP contribution >= 0.6 is 0 Å². The third-order valence-corrected chi connectivity index (χ3v) is 3.78. The van der Waals surface area contributed by atoms with Crippen molar-refractivity contribution in [2.45, 2.75) is 12.6 Å². The van der Waals surface area contributed by atoms with Crippen molar-refractivity contribution in [3.05, 3.63) is 59.7 Å². The molecule has 3 rings (SSSR count). The lowest BCUT2D eigenvalue weighted by molar-refractivity contribution is 0.0442. The van der Waals surface area contributed by atoms with Crippen LogP contribution in [0.3, 0.4) is 0 Å². The van der Waals surface area contributed by atoms with E-state index in [1.165, 1.54) is 24.4 Å². The maximum atomic E-state index is 12.8. The van der Waals surface area contributed by atoms with E-state index in [2.05, 4.69) is 10.3 Å². The van der Waals surface area contributed by atoms with Gasteiger partial charge < -0.3 is 20.7 Å². The van der Waals surface area contributed by atoms with Gasteiger partial charge in [0.25, 0.3) is 5.91 Å². The summed E-state index contributed by atoms with van der Waals surface area (Å²) in [4.78, 5) is 28.6. The predicted octanol–water partition coefficient (Wildman–Crippen LogP) is 1.29. The number of rotatable bonds is 5. The molecular formula is C17H17FN4O3. The molecule has 1 aromatic carbocycles. The van der Waals surface area contributed by atoms with Crippen molar-refractivity contribution in [3.8, 4) is 5.75 Å². The van der Waals surface area contributed by atoms with E-state index in [1.807, 2.05) is 0 Å². The lowest BCUT2D eigenvalue weighted by Gasteiger charge is -2.38. The van der Waals surface area contributed by atoms with Gasteiger partial charge in [-0.3, -0.25) is 9.78 Å². The number of likely N-dealkylation sites (tertiary alicyclic amines) is 1. The van der Waals surface area contributed by atoms with Gasteiger partial charge in [0.2, 0.25) is 0 Å². The molecule has 7 nitrogen and oxygen atoms in total. The summed E-state index contributed by atoms with van der Waals surface area (Å²) in [5.41, 5.74) is 6.12. The Kier molecular flexibility index (Phi) is 4.78. The van der Waals surface area contributed by atoms with Gasteiger partial charge in [0.15, 0.2) is 0 Å². The van der Waals surface area contributed by atoms with E-state index in [0.717, 1.165) is 5.56 Å². The third-order valence-electron chi connectivity index (χ3n) is 3.78. The van der Waals surface area contributed by atoms with Crippen molar-refractivity contribution in [1.29, 1.82) is 0 Å². The number of carbonyl (C=O) groups excluding carboxylic acids is 2. The number of aromatic nitrogens is 1. The first kappa shape index (κ1) is 16.7. The molecule has 130 valence electrons. The third kappa shape index (κ3) is 4.23. The number of nitrogens with one attached hydrogen (secondary N) is 1. The highest BCUT2D eigenvalue weighted by Gasteiger charge is 2.32. The normalized spacial score (nSPS) is 13.9. The average molecular weight is 344 g/mol. The molecule has 2 heterocycles. The molecule has 0 unspecified atom stereocenters. The number of amides is 3. The van der Waals surface area contributed by atoms with Crippen molar-refractivity contribution in [2.75, 3.05) is 13.1 Å². The molecule has 3 N–H and O–H groups in total. The smallest absolute Gasteiger partial charge is 0.317 e. The summed E-state index contributed by atoms with van der Waals surface area (Å²) >= 11 is 0. The Labute approximate surface area is 143 Å². The molecule has 1 aromatic heterocycles. The molecular weight excluding hydrogens is 327 g/mol. The van der Waals surface area contributed by atoms with Crippen LogP contribution in [-0.2, 0) is 6.54 Å². The fourth-order valence-electron chi connectivity index (χ4n) is 2.38. The second-order valence-electron chi connectivity index (χ2n) is 5.67. The first-order valence-electron chi connectivity index (χ1n) is 7.71. The van der Waals surface area contributed by atoms with Crippen LogP contribution in [0.2, 0.25) is 0 Å². The highest BCUT2D eigenvalue weighted by atomic mass is 19.1. The summed E-state index contributed by atoms with van der Waals surface area (Å²) in [6.45, 7) is 1.19. The molecule has 8 heteroatoms. The first-order valence-corrected chi connectivity index (χ1v) is 7.71. The zero-order chi connectivity index (χ0) is 17.8. The van der Waals surface area contributed by atoms with Crippen LogP contribution in [0.4, 0.5) is 9.18 Å². The molecule has 0 bridgehead atoms. The van der Waals surface area contributed by atoms with Crippen LogP contribution in [0.25, 0.3) is 0 Å². The van der Waals surface area contributed by atoms with Crippen LogP contribution in [0.5, 0.6) is 5.75 Å². The Morgan fingerprint density at radius 3 is 2.68 bits per heavy atom. The quantitative estimate of drug-likeness (QED) is 0.854. The summed E-state index contributed by atoms with van der Waals surface area (Å²) in [6, 6.07) is 8.84. The summed E-state index contributed by atoms with van der Waals surface area (Å²) < 4.78 is 18.5. The number of benzene rings is 1. The van der Waals surface area contributed by atoms with Gasteiger partial charge in [0.1, 0.15) is 23.4 Å². The van der Waals surface area contributed by atoms with Gasteiger partial charge >= 0.3 is 6.03 Å². The fourth-order valence-corrected chi connectivity index (χ4v) is 2.38. The van der Waals surface area contributed by atoms with E-state index in [0.29, 0.717) is 25.4 Å². The Balaban J connectivity index is 1.44. The lowest BCUT2D eigenvalue weighted by Crippen LogP contribution is -2.58. The molecule has 1 saturated heterocycles. The molecule has 3 amide bonds. The van der Waals surface area contributed by atoms with Gasteiger partial charge in [-0.1, -0.05) is 12.1 Å². The number of hydrogen-bond donors (Lipinski definition) is 2. The van der Waals surface area contributed by atoms with Crippen molar-refractivity contribution in [2.24, 2.45) is 5.73 Å². The number of pyridine rings is 1. The molecule has 1 fully saturated rings. The average Bonchev–Trinajstić information content (AvgIpc) is 2.57. The number of ether oxygens (including phenoxy) is 1. The summed E-state index contributed by atoms with van der Waals surface area (Å²) in [5, 5.41) is 2.77. The van der Waals surface area contributed by atoms with Crippen LogP contribution in [0, 0.1) is 5.82 Å². The lowest BCUT2D eigenvalue weighted by atomic mass is 10.2. The highest BCUT2D eigenvalue weighted by Crippen LogP contribution is 2.18. The molecule has 0 saturated carbocycles. The van der Waals surface area contributed by atoms with Crippen LogP contribution in [0.1, 0.15) is 16.1 Å². The minimum atomic E-state index is -0.624. The van der Waals surface area contributed by atoms with Gasteiger partial charge in [-0.25, -0.2) is 9.18 Å². The van der Waals surface area contributed by atoms with Gasteiger partial charge in [-0.15, -0.1) is 0 Å². The summed E-state index contributed by atoms with van der Waals surface area (Å²) in [7, 11) is 0. The summed E-state index contributed by atoms with van der Waals surface area (Å²) in [6.07, 6.45) is 1.29. The fraction of sp³-hybridized carbons (Fsp3) is 0.235. The minimum absolute atomic E-state index is 0.130. The number of primary amides is 1. The Hall–Kier alpha value is -3.16. The second kappa shape index (κ2) is 7.16. The first-order chi connectivity index (χ1) is 12.0. The molecule has 0 spiro atoms. The topological polar surface area (TPSA) is 97.6 Å². The molecule has 0 radical (unpaired) electrons. The van der Waals surface area contributed by atoms with Crippen LogP contribution < -0.4 is 15.8 Å². The Bertz CT molecular complexity index is 776. The van der Waals surface area contributed by atoms with Gasteiger partial charge in [-0.05, 0) is 23.8 Å². The van der Waals surface area contributed by atoms with Gasteiger partial charge in [-0.2, -0.15) is 0 Å². The molecule has 25 heavy (non-hydrogen) atoms. The predicted molar refractivity (Wildman–Crippen MR) is 87.4 cm³/mol. The number of urea groups is 1. The maximum absolute atomic E-state index is 12.8. The van der Waals surface area contributed by atoms with Crippen LogP contribution in [0.15, 0.2) is 42.6 Å². The summed E-state index contributed by atoms with van der Waals surface area (Å²) in [5.74, 6) is -0.450. The van der Waals surface area contributed by atoms with Crippen molar-refractivity contribution >= 4 is 11.9 Å². The SMILES string of the molecule is NC(=O)c1cc(OC2CN(C(=O)NCc3ccc(F)cc3)C2)ccn1. The van der Waals surface area contributed by atoms with E-state index in [1.54, 1.807) is 23.1 Å². The second-order valence-corrected chi connectivity index (χ2v) is 5.67. The molecule has 2 aromatic rings. The van der Waals surface area contributed by atoms with Crippen molar-refractivity contribution < 1.29 is 18.7 Å². The molecule has 1 aliphatic rings. The molecule has 1 aliphatic heterocycles. The van der Waals surface area contributed by atoms with E-state index in [9.17, 15) is 14.0 Å². The molecule has 0 atom stereocenters. The van der Waals surface area contributed by atoms with Crippen molar-refractivity contribution in [3.63, 3.8) is 0 Å². The van der Waals surface area contributed by atoms with E-state index in [4.69, 9.17) is 10.5 Å². The van der Waals surface area contributed by atoms with E-state index < -0.39 is 5.91 Å². The highest BCUT2D eigenvalue weighted by molar-refractivity contribution is 5.91. The number of halogens is 1. The van der Waals surface area contributed by atoms with Gasteiger partial charge in [0, 0.05) is 18.8 Å². The zero-order valence-electron chi connectivity index (χ0n) is 13.3. The van der Waals surface area contributed by atoms with E-state index in [-0.39, 0.29) is 23.6 Å². The standard InChI is InChI=1S/C17H17FN4O3/c18-12-3-1-11(2-4-12)8-21-17(24)22-9-14(10-22)25-13-5-6-20-15(7-13)16(19)23/h1-7,14H,8-10H2,(H2,19,23)(H,21,24). The Morgan fingerprint density at radius 2 is 2.00 bits per heavy atom. The Morgan fingerprint density at radius 1 is 1.28 bits per heavy atom. The zero-order valence-corrected chi connectivity index (χ0v) is 13.3. The number of nitrogens with two attached hydrogens (primary N) is 1. The van der Waals surface area contributed by atoms with Crippen LogP contribution in [-0.4, -0.2) is 41.0 Å². The number of carbonyl (C=O) groups is 2. The maximum Gasteiger partial charge on any atom is 0.317 e. The minimum Gasteiger partial charge on any atom is -0.487 e. The largest absolute Gasteiger partial charge is 0.487 e. The molecule has 0 aliphatic carbocycles. The van der Waals surface area contributed by atoms with Crippen molar-refractivity contribution in [1.82, 2.24) is 15.2 Å². The number of nitrogens with zero attached hydrogens (tertiary/aromatic N) is 2. The number of hydrogen-bond acceptors (Lipinski definition) is 4.